The van der Waals surface area contributed by atoms with E-state index in [4.69, 9.17) is 23.2 Å². The number of β-amino-alcohol motifs (C(OH)–C–C–N with tert-alkyl or cyclic N) is 1. The molecule has 0 radical (unpaired) electrons. The van der Waals surface area contributed by atoms with Crippen LogP contribution < -0.4 is 0 Å². The maximum Gasteiger partial charge on any atom is 0.0758 e. The van der Waals surface area contributed by atoms with Crippen LogP contribution in [0.3, 0.4) is 0 Å². The Bertz CT molecular complexity index is 372. The molecule has 0 amide bonds. The van der Waals surface area contributed by atoms with Crippen LogP contribution in [0.25, 0.3) is 0 Å². The van der Waals surface area contributed by atoms with Crippen molar-refractivity contribution in [3.8, 4) is 0 Å². The lowest BCUT2D eigenvalue weighted by Crippen LogP contribution is -2.29. The third kappa shape index (κ3) is 2.69. The zero-order valence-electron chi connectivity index (χ0n) is 9.21. The molecule has 1 fully saturated rings. The van der Waals surface area contributed by atoms with Crippen LogP contribution in [0.15, 0.2) is 18.2 Å². The van der Waals surface area contributed by atoms with E-state index < -0.39 is 5.60 Å². The number of likely N-dealkylation sites (tertiary alicyclic amines) is 1. The number of aliphatic hydroxyl groups is 1. The zero-order chi connectivity index (χ0) is 11.8. The summed E-state index contributed by atoms with van der Waals surface area (Å²) in [6, 6.07) is 5.53. The molecule has 1 aliphatic rings. The van der Waals surface area contributed by atoms with E-state index in [-0.39, 0.29) is 0 Å². The number of hydrogen-bond donors (Lipinski definition) is 1. The van der Waals surface area contributed by atoms with E-state index in [1.54, 1.807) is 0 Å². The molecule has 1 heterocycles. The molecule has 0 spiro atoms. The molecule has 2 nitrogen and oxygen atoms in total. The van der Waals surface area contributed by atoms with Gasteiger partial charge in [0.05, 0.1) is 5.60 Å². The van der Waals surface area contributed by atoms with Crippen molar-refractivity contribution in [1.82, 2.24) is 4.90 Å². The lowest BCUT2D eigenvalue weighted by molar-refractivity contribution is 0.0679. The summed E-state index contributed by atoms with van der Waals surface area (Å²) < 4.78 is 0. The molecule has 0 bridgehead atoms. The van der Waals surface area contributed by atoms with Crippen LogP contribution >= 0.6 is 23.2 Å². The number of halogens is 2. The Kier molecular flexibility index (Phi) is 3.45. The molecule has 0 aromatic heterocycles. The van der Waals surface area contributed by atoms with Gasteiger partial charge in [-0.1, -0.05) is 29.3 Å². The van der Waals surface area contributed by atoms with Gasteiger partial charge in [-0.15, -0.1) is 0 Å². The molecule has 1 aliphatic heterocycles. The van der Waals surface area contributed by atoms with E-state index in [2.05, 4.69) is 4.90 Å². The number of rotatable bonds is 2. The van der Waals surface area contributed by atoms with E-state index >= 15 is 0 Å². The quantitative estimate of drug-likeness (QED) is 0.883. The van der Waals surface area contributed by atoms with Crippen molar-refractivity contribution in [2.75, 3.05) is 13.1 Å². The lowest BCUT2D eigenvalue weighted by atomic mass is 10.1. The van der Waals surface area contributed by atoms with Gasteiger partial charge in [0, 0.05) is 35.2 Å². The van der Waals surface area contributed by atoms with Gasteiger partial charge in [0.2, 0.25) is 0 Å². The third-order valence-electron chi connectivity index (χ3n) is 2.97. The van der Waals surface area contributed by atoms with Crippen molar-refractivity contribution in [2.24, 2.45) is 0 Å². The van der Waals surface area contributed by atoms with Gasteiger partial charge in [0.25, 0.3) is 0 Å². The van der Waals surface area contributed by atoms with E-state index in [0.717, 1.165) is 18.5 Å². The highest BCUT2D eigenvalue weighted by molar-refractivity contribution is 6.35. The minimum Gasteiger partial charge on any atom is -0.389 e. The maximum atomic E-state index is 9.87. The molecule has 1 N–H and O–H groups in total. The summed E-state index contributed by atoms with van der Waals surface area (Å²) in [5.74, 6) is 0. The summed E-state index contributed by atoms with van der Waals surface area (Å²) in [5.41, 5.74) is 0.372. The second-order valence-corrected chi connectivity index (χ2v) is 5.47. The Hall–Kier alpha value is -0.280. The van der Waals surface area contributed by atoms with Crippen LogP contribution in [0.5, 0.6) is 0 Å². The van der Waals surface area contributed by atoms with E-state index in [0.29, 0.717) is 23.1 Å². The van der Waals surface area contributed by atoms with Gasteiger partial charge in [-0.2, -0.15) is 0 Å². The van der Waals surface area contributed by atoms with Crippen LogP contribution in [-0.2, 0) is 6.54 Å². The standard InChI is InChI=1S/C12H15Cl2NO/c1-12(16)5-6-15(8-12)7-9-10(13)3-2-4-11(9)14/h2-4,16H,5-8H2,1H3. The maximum absolute atomic E-state index is 9.87. The lowest BCUT2D eigenvalue weighted by Gasteiger charge is -2.19. The molecule has 0 aliphatic carbocycles. The summed E-state index contributed by atoms with van der Waals surface area (Å²) in [6.45, 7) is 4.12. The summed E-state index contributed by atoms with van der Waals surface area (Å²) in [7, 11) is 0. The van der Waals surface area contributed by atoms with Crippen LogP contribution in [0, 0.1) is 0 Å². The Morgan fingerprint density at radius 3 is 2.50 bits per heavy atom. The monoisotopic (exact) mass is 259 g/mol. The molecule has 1 aromatic rings. The first-order valence-corrected chi connectivity index (χ1v) is 6.11. The second-order valence-electron chi connectivity index (χ2n) is 4.66. The largest absolute Gasteiger partial charge is 0.389 e. The molecule has 16 heavy (non-hydrogen) atoms. The SMILES string of the molecule is CC1(O)CCN(Cc2c(Cl)cccc2Cl)C1. The second kappa shape index (κ2) is 4.53. The van der Waals surface area contributed by atoms with Crippen LogP contribution in [0.1, 0.15) is 18.9 Å². The van der Waals surface area contributed by atoms with Crippen molar-refractivity contribution in [3.63, 3.8) is 0 Å². The van der Waals surface area contributed by atoms with Crippen LogP contribution in [0.2, 0.25) is 10.0 Å². The molecule has 1 unspecified atom stereocenters. The smallest absolute Gasteiger partial charge is 0.0758 e. The zero-order valence-corrected chi connectivity index (χ0v) is 10.7. The summed E-state index contributed by atoms with van der Waals surface area (Å²) in [4.78, 5) is 2.17. The first-order chi connectivity index (χ1) is 7.48. The molecular weight excluding hydrogens is 245 g/mol. The normalized spacial score (nSPS) is 26.2. The molecule has 2 rings (SSSR count). The van der Waals surface area contributed by atoms with Crippen LogP contribution in [-0.4, -0.2) is 28.7 Å². The fraction of sp³-hybridized carbons (Fsp3) is 0.500. The predicted molar refractivity (Wildman–Crippen MR) is 67.0 cm³/mol. The molecular formula is C12H15Cl2NO. The Morgan fingerprint density at radius 1 is 1.38 bits per heavy atom. The van der Waals surface area contributed by atoms with Crippen molar-refractivity contribution < 1.29 is 5.11 Å². The molecule has 88 valence electrons. The highest BCUT2D eigenvalue weighted by Crippen LogP contribution is 2.28. The minimum atomic E-state index is -0.576. The first kappa shape index (κ1) is 12.2. The molecule has 4 heteroatoms. The summed E-state index contributed by atoms with van der Waals surface area (Å²) in [6.07, 6.45) is 0.801. The summed E-state index contributed by atoms with van der Waals surface area (Å²) >= 11 is 12.2. The van der Waals surface area contributed by atoms with Crippen LogP contribution in [0.4, 0.5) is 0 Å². The Balaban J connectivity index is 2.11. The van der Waals surface area contributed by atoms with Gasteiger partial charge >= 0.3 is 0 Å². The van der Waals surface area contributed by atoms with Crippen molar-refractivity contribution >= 4 is 23.2 Å². The van der Waals surface area contributed by atoms with Gasteiger partial charge in [0.1, 0.15) is 0 Å². The molecule has 1 aromatic carbocycles. The number of benzene rings is 1. The predicted octanol–water partition coefficient (Wildman–Crippen LogP) is 2.95. The van der Waals surface area contributed by atoms with Crippen molar-refractivity contribution in [1.29, 1.82) is 0 Å². The first-order valence-electron chi connectivity index (χ1n) is 5.35. The van der Waals surface area contributed by atoms with Gasteiger partial charge in [-0.05, 0) is 25.5 Å². The van der Waals surface area contributed by atoms with Crippen molar-refractivity contribution in [2.45, 2.75) is 25.5 Å². The Labute approximate surface area is 106 Å². The highest BCUT2D eigenvalue weighted by atomic mass is 35.5. The third-order valence-corrected chi connectivity index (χ3v) is 3.68. The molecule has 1 atom stereocenters. The van der Waals surface area contributed by atoms with Crippen molar-refractivity contribution in [3.05, 3.63) is 33.8 Å². The topological polar surface area (TPSA) is 23.5 Å². The van der Waals surface area contributed by atoms with E-state index in [1.165, 1.54) is 0 Å². The number of hydrogen-bond acceptors (Lipinski definition) is 2. The fourth-order valence-corrected chi connectivity index (χ4v) is 2.60. The van der Waals surface area contributed by atoms with Gasteiger partial charge in [0.15, 0.2) is 0 Å². The van der Waals surface area contributed by atoms with E-state index in [1.807, 2.05) is 25.1 Å². The summed E-state index contributed by atoms with van der Waals surface area (Å²) in [5, 5.41) is 11.3. The van der Waals surface area contributed by atoms with E-state index in [9.17, 15) is 5.11 Å². The average molecular weight is 260 g/mol. The fourth-order valence-electron chi connectivity index (χ4n) is 2.08. The Morgan fingerprint density at radius 2 is 2.00 bits per heavy atom. The number of nitrogens with zero attached hydrogens (tertiary/aromatic N) is 1. The molecule has 0 saturated carbocycles. The molecule has 1 saturated heterocycles. The highest BCUT2D eigenvalue weighted by Gasteiger charge is 2.31. The van der Waals surface area contributed by atoms with Gasteiger partial charge < -0.3 is 5.11 Å². The van der Waals surface area contributed by atoms with Gasteiger partial charge in [-0.25, -0.2) is 0 Å². The average Bonchev–Trinajstić information content (AvgIpc) is 2.52. The minimum absolute atomic E-state index is 0.576. The van der Waals surface area contributed by atoms with Gasteiger partial charge in [-0.3, -0.25) is 4.90 Å².